The molecule has 7 nitrogen and oxygen atoms in total. The van der Waals surface area contributed by atoms with Gasteiger partial charge in [-0.3, -0.25) is 19.0 Å². The lowest BCUT2D eigenvalue weighted by Crippen LogP contribution is -2.29. The van der Waals surface area contributed by atoms with Gasteiger partial charge in [0.25, 0.3) is 5.56 Å². The Balaban J connectivity index is 1.87. The first kappa shape index (κ1) is 20.3. The zero-order chi connectivity index (χ0) is 21.0. The van der Waals surface area contributed by atoms with Crippen molar-refractivity contribution in [2.45, 2.75) is 20.4 Å². The molecule has 0 aliphatic rings. The molecule has 0 fully saturated rings. The average molecular weight is 411 g/mol. The number of aromatic nitrogens is 2. The van der Waals surface area contributed by atoms with Crippen molar-refractivity contribution < 1.29 is 9.59 Å². The smallest absolute Gasteiger partial charge is 0.254 e. The quantitative estimate of drug-likeness (QED) is 0.673. The van der Waals surface area contributed by atoms with Gasteiger partial charge in [-0.15, -0.1) is 0 Å². The maximum Gasteiger partial charge on any atom is 0.254 e. The van der Waals surface area contributed by atoms with Gasteiger partial charge in [0, 0.05) is 40.6 Å². The van der Waals surface area contributed by atoms with E-state index in [1.165, 1.54) is 17.6 Å². The number of anilines is 2. The van der Waals surface area contributed by atoms with Crippen molar-refractivity contribution in [2.24, 2.45) is 0 Å². The Labute approximate surface area is 172 Å². The van der Waals surface area contributed by atoms with Gasteiger partial charge < -0.3 is 10.6 Å². The van der Waals surface area contributed by atoms with Gasteiger partial charge in [-0.1, -0.05) is 29.8 Å². The number of hydrogen-bond acceptors (Lipinski definition) is 4. The number of nitrogens with zero attached hydrogens (tertiary/aromatic N) is 2. The van der Waals surface area contributed by atoms with Crippen molar-refractivity contribution in [3.8, 4) is 11.4 Å². The van der Waals surface area contributed by atoms with Crippen LogP contribution in [0.4, 0.5) is 11.4 Å². The van der Waals surface area contributed by atoms with Crippen molar-refractivity contribution in [1.82, 2.24) is 9.55 Å². The average Bonchev–Trinajstić information content (AvgIpc) is 2.63. The predicted octanol–water partition coefficient (Wildman–Crippen LogP) is 3.47. The van der Waals surface area contributed by atoms with Crippen molar-refractivity contribution in [3.63, 3.8) is 0 Å². The molecule has 0 spiro atoms. The summed E-state index contributed by atoms with van der Waals surface area (Å²) < 4.78 is 1.30. The second kappa shape index (κ2) is 8.70. The monoisotopic (exact) mass is 410 g/mol. The molecule has 0 saturated carbocycles. The molecule has 2 amide bonds. The lowest BCUT2D eigenvalue weighted by molar-refractivity contribution is -0.117. The van der Waals surface area contributed by atoms with Gasteiger partial charge in [-0.2, -0.15) is 0 Å². The minimum atomic E-state index is -0.402. The first-order valence-electron chi connectivity index (χ1n) is 8.84. The highest BCUT2D eigenvalue weighted by atomic mass is 35.5. The van der Waals surface area contributed by atoms with E-state index in [1.54, 1.807) is 55.5 Å². The van der Waals surface area contributed by atoms with Crippen LogP contribution in [0.5, 0.6) is 0 Å². The summed E-state index contributed by atoms with van der Waals surface area (Å²) in [6, 6.07) is 15.1. The number of rotatable bonds is 5. The fourth-order valence-electron chi connectivity index (χ4n) is 2.84. The lowest BCUT2D eigenvalue weighted by Gasteiger charge is -2.13. The first-order valence-corrected chi connectivity index (χ1v) is 9.21. The molecule has 8 heteroatoms. The Morgan fingerprint density at radius 2 is 1.72 bits per heavy atom. The third-order valence-corrected chi connectivity index (χ3v) is 4.22. The Kier molecular flexibility index (Phi) is 6.09. The highest BCUT2D eigenvalue weighted by Gasteiger charge is 2.14. The van der Waals surface area contributed by atoms with Crippen LogP contribution in [0.2, 0.25) is 5.02 Å². The molecule has 2 aromatic carbocycles. The number of halogens is 1. The zero-order valence-electron chi connectivity index (χ0n) is 15.9. The first-order chi connectivity index (χ1) is 13.8. The van der Waals surface area contributed by atoms with E-state index < -0.39 is 5.91 Å². The van der Waals surface area contributed by atoms with Crippen LogP contribution in [0.25, 0.3) is 11.4 Å². The standard InChI is InChI=1S/C21H19ClN4O3/c1-13-9-20(29)26(21(23-13)15-5-3-6-16(22)10-15)12-19(28)25-18-8-4-7-17(11-18)24-14(2)27/h3-11H,12H2,1-2H3,(H,24,27)(H,25,28). The third-order valence-electron chi connectivity index (χ3n) is 3.99. The number of carbonyl (C=O) groups is 2. The van der Waals surface area contributed by atoms with Gasteiger partial charge in [0.05, 0.1) is 0 Å². The summed E-state index contributed by atoms with van der Waals surface area (Å²) in [6.45, 7) is 2.89. The molecular weight excluding hydrogens is 392 g/mol. The van der Waals surface area contributed by atoms with E-state index >= 15 is 0 Å². The molecule has 0 unspecified atom stereocenters. The Bertz CT molecular complexity index is 1140. The zero-order valence-corrected chi connectivity index (χ0v) is 16.7. The molecular formula is C21H19ClN4O3. The highest BCUT2D eigenvalue weighted by molar-refractivity contribution is 6.30. The van der Waals surface area contributed by atoms with Crippen LogP contribution >= 0.6 is 11.6 Å². The van der Waals surface area contributed by atoms with Crippen molar-refractivity contribution >= 4 is 34.8 Å². The molecule has 0 aliphatic heterocycles. The van der Waals surface area contributed by atoms with Gasteiger partial charge in [-0.05, 0) is 37.3 Å². The number of amides is 2. The van der Waals surface area contributed by atoms with Gasteiger partial charge in [0.1, 0.15) is 12.4 Å². The molecule has 0 saturated heterocycles. The van der Waals surface area contributed by atoms with E-state index in [0.717, 1.165) is 0 Å². The van der Waals surface area contributed by atoms with Gasteiger partial charge in [-0.25, -0.2) is 4.98 Å². The van der Waals surface area contributed by atoms with E-state index in [9.17, 15) is 14.4 Å². The number of nitrogens with one attached hydrogen (secondary N) is 2. The van der Waals surface area contributed by atoms with Crippen LogP contribution in [0.15, 0.2) is 59.4 Å². The summed E-state index contributed by atoms with van der Waals surface area (Å²) in [4.78, 5) is 40.8. The summed E-state index contributed by atoms with van der Waals surface area (Å²) in [7, 11) is 0. The lowest BCUT2D eigenvalue weighted by atomic mass is 10.2. The van der Waals surface area contributed by atoms with Gasteiger partial charge in [0.2, 0.25) is 11.8 Å². The fourth-order valence-corrected chi connectivity index (χ4v) is 3.03. The van der Waals surface area contributed by atoms with E-state index in [4.69, 9.17) is 11.6 Å². The molecule has 1 heterocycles. The minimum Gasteiger partial charge on any atom is -0.326 e. The van der Waals surface area contributed by atoms with Crippen LogP contribution in [0.1, 0.15) is 12.6 Å². The Morgan fingerprint density at radius 3 is 2.41 bits per heavy atom. The second-order valence-electron chi connectivity index (χ2n) is 6.47. The molecule has 0 atom stereocenters. The van der Waals surface area contributed by atoms with E-state index in [1.807, 2.05) is 0 Å². The van der Waals surface area contributed by atoms with Crippen LogP contribution < -0.4 is 16.2 Å². The molecule has 0 bridgehead atoms. The molecule has 0 radical (unpaired) electrons. The van der Waals surface area contributed by atoms with Crippen LogP contribution in [0, 0.1) is 6.92 Å². The molecule has 2 N–H and O–H groups in total. The summed E-state index contributed by atoms with van der Waals surface area (Å²) in [5.74, 6) is -0.252. The summed E-state index contributed by atoms with van der Waals surface area (Å²) >= 11 is 6.07. The molecule has 1 aromatic heterocycles. The number of carbonyl (C=O) groups excluding carboxylic acids is 2. The van der Waals surface area contributed by atoms with Crippen LogP contribution in [-0.2, 0) is 16.1 Å². The maximum atomic E-state index is 12.6. The SMILES string of the molecule is CC(=O)Nc1cccc(NC(=O)Cn2c(-c3cccc(Cl)c3)nc(C)cc2=O)c1. The van der Waals surface area contributed by atoms with Gasteiger partial charge in [0.15, 0.2) is 0 Å². The topological polar surface area (TPSA) is 93.1 Å². The number of aryl methyl sites for hydroxylation is 1. The fraction of sp³-hybridized carbons (Fsp3) is 0.143. The number of benzene rings is 2. The second-order valence-corrected chi connectivity index (χ2v) is 6.90. The van der Waals surface area contributed by atoms with Crippen molar-refractivity contribution in [2.75, 3.05) is 10.6 Å². The normalized spacial score (nSPS) is 10.4. The van der Waals surface area contributed by atoms with Crippen LogP contribution in [-0.4, -0.2) is 21.4 Å². The summed E-state index contributed by atoms with van der Waals surface area (Å²) in [5, 5.41) is 5.89. The Hall–Kier alpha value is -3.45. The van der Waals surface area contributed by atoms with E-state index in [2.05, 4.69) is 15.6 Å². The molecule has 148 valence electrons. The minimum absolute atomic E-state index is 0.211. The molecule has 3 rings (SSSR count). The number of hydrogen-bond donors (Lipinski definition) is 2. The van der Waals surface area contributed by atoms with E-state index in [0.29, 0.717) is 33.5 Å². The maximum absolute atomic E-state index is 12.6. The largest absolute Gasteiger partial charge is 0.326 e. The third kappa shape index (κ3) is 5.30. The van der Waals surface area contributed by atoms with Crippen molar-refractivity contribution in [1.29, 1.82) is 0 Å². The summed E-state index contributed by atoms with van der Waals surface area (Å²) in [6.07, 6.45) is 0. The van der Waals surface area contributed by atoms with Gasteiger partial charge >= 0.3 is 0 Å². The molecule has 0 aliphatic carbocycles. The Morgan fingerprint density at radius 1 is 1.03 bits per heavy atom. The van der Waals surface area contributed by atoms with Crippen molar-refractivity contribution in [3.05, 3.63) is 75.7 Å². The highest BCUT2D eigenvalue weighted by Crippen LogP contribution is 2.21. The van der Waals surface area contributed by atoms with E-state index in [-0.39, 0.29) is 18.0 Å². The molecule has 29 heavy (non-hydrogen) atoms. The molecule has 3 aromatic rings. The summed E-state index contributed by atoms with van der Waals surface area (Å²) in [5.41, 5.74) is 1.90. The van der Waals surface area contributed by atoms with Crippen LogP contribution in [0.3, 0.4) is 0 Å². The predicted molar refractivity (Wildman–Crippen MR) is 113 cm³/mol.